The first kappa shape index (κ1) is 12.3. The zero-order valence-corrected chi connectivity index (χ0v) is 11.1. The van der Waals surface area contributed by atoms with Crippen molar-refractivity contribution in [2.24, 2.45) is 5.73 Å². The number of halogens is 1. The Kier molecular flexibility index (Phi) is 3.61. The summed E-state index contributed by atoms with van der Waals surface area (Å²) in [5, 5.41) is 2.31. The molecule has 88 valence electrons. The molecule has 2 N–H and O–H groups in total. The van der Waals surface area contributed by atoms with E-state index >= 15 is 0 Å². The fraction of sp³-hybridized carbons (Fsp3) is 0.0909. The van der Waals surface area contributed by atoms with E-state index in [-0.39, 0.29) is 4.87 Å². The number of rotatable bonds is 3. The summed E-state index contributed by atoms with van der Waals surface area (Å²) in [5.41, 5.74) is 7.11. The van der Waals surface area contributed by atoms with Gasteiger partial charge in [0.05, 0.1) is 6.54 Å². The van der Waals surface area contributed by atoms with Crippen LogP contribution in [0.15, 0.2) is 34.6 Å². The second-order valence-corrected chi connectivity index (χ2v) is 5.17. The monoisotopic (exact) mass is 284 g/mol. The first-order valence-electron chi connectivity index (χ1n) is 4.80. The van der Waals surface area contributed by atoms with Gasteiger partial charge >= 0.3 is 4.87 Å². The summed E-state index contributed by atoms with van der Waals surface area (Å²) in [4.78, 5) is 11.7. The van der Waals surface area contributed by atoms with Gasteiger partial charge in [0, 0.05) is 22.2 Å². The van der Waals surface area contributed by atoms with Gasteiger partial charge in [0.2, 0.25) is 0 Å². The Balaban J connectivity index is 2.32. The predicted octanol–water partition coefficient (Wildman–Crippen LogP) is 2.25. The highest BCUT2D eigenvalue weighted by molar-refractivity contribution is 7.80. The number of nitrogens with two attached hydrogens (primary N) is 1. The van der Waals surface area contributed by atoms with Gasteiger partial charge in [-0.2, -0.15) is 0 Å². The summed E-state index contributed by atoms with van der Waals surface area (Å²) in [5.74, 6) is 0. The van der Waals surface area contributed by atoms with Gasteiger partial charge in [0.25, 0.3) is 0 Å². The van der Waals surface area contributed by atoms with E-state index in [2.05, 4.69) is 0 Å². The summed E-state index contributed by atoms with van der Waals surface area (Å²) in [6, 6.07) is 5.36. The molecule has 0 saturated heterocycles. The van der Waals surface area contributed by atoms with E-state index < -0.39 is 0 Å². The smallest absolute Gasteiger partial charge is 0.307 e. The van der Waals surface area contributed by atoms with Crippen molar-refractivity contribution >= 4 is 40.1 Å². The Morgan fingerprint density at radius 3 is 2.82 bits per heavy atom. The third-order valence-electron chi connectivity index (χ3n) is 2.32. The van der Waals surface area contributed by atoms with Crippen LogP contribution in [-0.2, 0) is 6.54 Å². The summed E-state index contributed by atoms with van der Waals surface area (Å²) >= 11 is 12.1. The largest absolute Gasteiger partial charge is 0.389 e. The SMILES string of the molecule is NC(=S)c1ccc(Cn2ccsc2=O)c(Cl)c1. The van der Waals surface area contributed by atoms with Crippen LogP contribution >= 0.6 is 35.2 Å². The number of thiazole rings is 1. The minimum absolute atomic E-state index is 0.000473. The normalized spacial score (nSPS) is 10.4. The quantitative estimate of drug-likeness (QED) is 0.880. The van der Waals surface area contributed by atoms with Gasteiger partial charge in [-0.1, -0.05) is 47.3 Å². The highest BCUT2D eigenvalue weighted by atomic mass is 35.5. The third kappa shape index (κ3) is 2.74. The lowest BCUT2D eigenvalue weighted by Crippen LogP contribution is -2.13. The molecule has 0 aliphatic rings. The van der Waals surface area contributed by atoms with E-state index in [0.29, 0.717) is 16.6 Å². The molecule has 1 aromatic carbocycles. The van der Waals surface area contributed by atoms with Crippen molar-refractivity contribution in [3.63, 3.8) is 0 Å². The molecule has 0 unspecified atom stereocenters. The number of hydrogen-bond acceptors (Lipinski definition) is 3. The maximum atomic E-state index is 11.4. The molecule has 0 fully saturated rings. The zero-order chi connectivity index (χ0) is 12.4. The molecule has 0 aliphatic carbocycles. The van der Waals surface area contributed by atoms with E-state index in [9.17, 15) is 4.79 Å². The van der Waals surface area contributed by atoms with E-state index in [4.69, 9.17) is 29.6 Å². The maximum absolute atomic E-state index is 11.4. The molecule has 1 heterocycles. The second-order valence-electron chi connectivity index (χ2n) is 3.47. The van der Waals surface area contributed by atoms with Crippen LogP contribution in [0.25, 0.3) is 0 Å². The van der Waals surface area contributed by atoms with Gasteiger partial charge in [-0.05, 0) is 11.6 Å². The predicted molar refractivity (Wildman–Crippen MR) is 75.0 cm³/mol. The molecular weight excluding hydrogens is 276 g/mol. The second kappa shape index (κ2) is 5.00. The van der Waals surface area contributed by atoms with Crippen LogP contribution in [-0.4, -0.2) is 9.56 Å². The molecule has 3 nitrogen and oxygen atoms in total. The number of nitrogens with zero attached hydrogens (tertiary/aromatic N) is 1. The van der Waals surface area contributed by atoms with E-state index in [1.54, 1.807) is 28.3 Å². The molecule has 2 rings (SSSR count). The Labute approximate surface area is 112 Å². The standard InChI is InChI=1S/C11H9ClN2OS2/c12-9-5-7(10(13)16)1-2-8(9)6-14-3-4-17-11(14)15/h1-5H,6H2,(H2,13,16). The zero-order valence-electron chi connectivity index (χ0n) is 8.72. The molecular formula is C11H9ClN2OS2. The minimum Gasteiger partial charge on any atom is -0.389 e. The number of thiocarbonyl (C=S) groups is 1. The Morgan fingerprint density at radius 2 is 2.29 bits per heavy atom. The third-order valence-corrected chi connectivity index (χ3v) is 3.60. The van der Waals surface area contributed by atoms with Crippen LogP contribution in [0.5, 0.6) is 0 Å². The summed E-state index contributed by atoms with van der Waals surface area (Å²) in [7, 11) is 0. The van der Waals surface area contributed by atoms with Crippen LogP contribution in [0.3, 0.4) is 0 Å². The van der Waals surface area contributed by atoms with Crippen molar-refractivity contribution in [3.05, 3.63) is 55.6 Å². The van der Waals surface area contributed by atoms with Crippen LogP contribution in [0, 0.1) is 0 Å². The Hall–Kier alpha value is -1.17. The van der Waals surface area contributed by atoms with Gasteiger partial charge < -0.3 is 10.3 Å². The molecule has 6 heteroatoms. The number of hydrogen-bond donors (Lipinski definition) is 1. The molecule has 0 amide bonds. The van der Waals surface area contributed by atoms with Gasteiger partial charge in [-0.15, -0.1) is 0 Å². The van der Waals surface area contributed by atoms with Crippen molar-refractivity contribution in [1.82, 2.24) is 4.57 Å². The lowest BCUT2D eigenvalue weighted by molar-refractivity contribution is 0.784. The molecule has 0 aliphatic heterocycles. The Morgan fingerprint density at radius 1 is 1.53 bits per heavy atom. The lowest BCUT2D eigenvalue weighted by Gasteiger charge is -2.06. The Bertz CT molecular complexity index is 618. The molecule has 17 heavy (non-hydrogen) atoms. The van der Waals surface area contributed by atoms with Gasteiger partial charge in [0.1, 0.15) is 4.99 Å². The van der Waals surface area contributed by atoms with E-state index in [1.165, 1.54) is 0 Å². The maximum Gasteiger partial charge on any atom is 0.307 e. The first-order valence-corrected chi connectivity index (χ1v) is 6.46. The topological polar surface area (TPSA) is 48.0 Å². The summed E-state index contributed by atoms with van der Waals surface area (Å²) in [6.45, 7) is 0.457. The molecule has 0 spiro atoms. The molecule has 0 bridgehead atoms. The first-order chi connectivity index (χ1) is 8.08. The van der Waals surface area contributed by atoms with Crippen molar-refractivity contribution in [3.8, 4) is 0 Å². The lowest BCUT2D eigenvalue weighted by atomic mass is 10.1. The van der Waals surface area contributed by atoms with E-state index in [0.717, 1.165) is 22.5 Å². The number of benzene rings is 1. The van der Waals surface area contributed by atoms with Crippen LogP contribution in [0.4, 0.5) is 0 Å². The molecule has 0 atom stereocenters. The molecule has 1 aromatic heterocycles. The van der Waals surface area contributed by atoms with Gasteiger partial charge in [-0.3, -0.25) is 4.79 Å². The van der Waals surface area contributed by atoms with Crippen molar-refractivity contribution in [1.29, 1.82) is 0 Å². The minimum atomic E-state index is -0.000473. The van der Waals surface area contributed by atoms with Crippen LogP contribution in [0.2, 0.25) is 5.02 Å². The highest BCUT2D eigenvalue weighted by Crippen LogP contribution is 2.18. The molecule has 0 radical (unpaired) electrons. The van der Waals surface area contributed by atoms with Crippen molar-refractivity contribution in [2.45, 2.75) is 6.54 Å². The van der Waals surface area contributed by atoms with Crippen molar-refractivity contribution in [2.75, 3.05) is 0 Å². The van der Waals surface area contributed by atoms with Crippen molar-refractivity contribution < 1.29 is 0 Å². The van der Waals surface area contributed by atoms with Gasteiger partial charge in [0.15, 0.2) is 0 Å². The fourth-order valence-corrected chi connectivity index (χ4v) is 2.37. The number of aromatic nitrogens is 1. The summed E-state index contributed by atoms with van der Waals surface area (Å²) < 4.78 is 1.60. The van der Waals surface area contributed by atoms with Crippen LogP contribution in [0.1, 0.15) is 11.1 Å². The molecule has 0 saturated carbocycles. The average molecular weight is 285 g/mol. The van der Waals surface area contributed by atoms with E-state index in [1.807, 2.05) is 6.07 Å². The summed E-state index contributed by atoms with van der Waals surface area (Å²) in [6.07, 6.45) is 1.74. The fourth-order valence-electron chi connectivity index (χ4n) is 1.42. The highest BCUT2D eigenvalue weighted by Gasteiger charge is 2.05. The average Bonchev–Trinajstić information content (AvgIpc) is 2.67. The molecule has 2 aromatic rings. The van der Waals surface area contributed by atoms with Crippen LogP contribution < -0.4 is 10.6 Å². The van der Waals surface area contributed by atoms with Gasteiger partial charge in [-0.25, -0.2) is 0 Å².